The first kappa shape index (κ1) is 17.3. The summed E-state index contributed by atoms with van der Waals surface area (Å²) in [5.74, 6) is 0.0537. The second-order valence-corrected chi connectivity index (χ2v) is 5.76. The van der Waals surface area contributed by atoms with Crippen molar-refractivity contribution in [2.24, 2.45) is 0 Å². The van der Waals surface area contributed by atoms with E-state index in [1.807, 2.05) is 36.5 Å². The van der Waals surface area contributed by atoms with Crippen LogP contribution in [0.4, 0.5) is 0 Å². The van der Waals surface area contributed by atoms with Crippen LogP contribution in [0.1, 0.15) is 5.69 Å². The average Bonchev–Trinajstić information content (AvgIpc) is 2.93. The van der Waals surface area contributed by atoms with Gasteiger partial charge in [-0.15, -0.1) is 0 Å². The van der Waals surface area contributed by atoms with Crippen LogP contribution in [0, 0.1) is 0 Å². The molecule has 0 radical (unpaired) electrons. The number of hydrogen-bond donors (Lipinski definition) is 0. The number of benzene rings is 1. The quantitative estimate of drug-likeness (QED) is 0.366. The molecule has 3 rings (SSSR count). The molecule has 3 aromatic rings. The number of rotatable bonds is 6. The van der Waals surface area contributed by atoms with Crippen molar-refractivity contribution in [3.63, 3.8) is 0 Å². The van der Waals surface area contributed by atoms with Crippen molar-refractivity contribution in [2.45, 2.75) is 0 Å². The Labute approximate surface area is 154 Å². The number of ether oxygens (including phenoxy) is 2. The fourth-order valence-corrected chi connectivity index (χ4v) is 2.62. The van der Waals surface area contributed by atoms with Gasteiger partial charge in [0.15, 0.2) is 5.15 Å². The molecule has 7 heteroatoms. The smallest absolute Gasteiger partial charge is 0.330 e. The summed E-state index contributed by atoms with van der Waals surface area (Å²) in [5, 5.41) is 0.827. The Kier molecular flexibility index (Phi) is 5.58. The zero-order valence-electron chi connectivity index (χ0n) is 13.1. The van der Waals surface area contributed by atoms with Gasteiger partial charge in [-0.3, -0.25) is 4.40 Å². The van der Waals surface area contributed by atoms with Gasteiger partial charge in [0.05, 0.1) is 10.7 Å². The molecule has 0 fully saturated rings. The Morgan fingerprint density at radius 2 is 1.92 bits per heavy atom. The molecule has 128 valence electrons. The zero-order valence-corrected chi connectivity index (χ0v) is 14.6. The van der Waals surface area contributed by atoms with E-state index in [0.29, 0.717) is 27.3 Å². The van der Waals surface area contributed by atoms with Crippen molar-refractivity contribution in [1.29, 1.82) is 0 Å². The number of fused-ring (bicyclic) bond motifs is 1. The number of hydrogen-bond acceptors (Lipinski definition) is 4. The van der Waals surface area contributed by atoms with Gasteiger partial charge in [-0.05, 0) is 30.3 Å². The molecule has 0 amide bonds. The van der Waals surface area contributed by atoms with E-state index in [4.69, 9.17) is 32.7 Å². The van der Waals surface area contributed by atoms with Crippen molar-refractivity contribution in [1.82, 2.24) is 9.38 Å². The van der Waals surface area contributed by atoms with Crippen molar-refractivity contribution < 1.29 is 14.3 Å². The SMILES string of the molecule is O=C(/C=C/c1c(Cl)nc2ccccn12)OCCOc1ccccc1Cl. The van der Waals surface area contributed by atoms with Crippen LogP contribution in [0.25, 0.3) is 11.7 Å². The van der Waals surface area contributed by atoms with E-state index in [2.05, 4.69) is 4.98 Å². The number of imidazole rings is 1. The number of carbonyl (C=O) groups excluding carboxylic acids is 1. The van der Waals surface area contributed by atoms with Crippen LogP contribution in [-0.2, 0) is 9.53 Å². The number of halogens is 2. The van der Waals surface area contributed by atoms with E-state index in [0.717, 1.165) is 0 Å². The number of pyridine rings is 1. The fraction of sp³-hybridized carbons (Fsp3) is 0.111. The molecule has 0 N–H and O–H groups in total. The average molecular weight is 377 g/mol. The van der Waals surface area contributed by atoms with E-state index in [1.165, 1.54) is 6.08 Å². The number of para-hydroxylation sites is 1. The van der Waals surface area contributed by atoms with Crippen LogP contribution in [-0.4, -0.2) is 28.6 Å². The summed E-state index contributed by atoms with van der Waals surface area (Å²) in [7, 11) is 0. The van der Waals surface area contributed by atoms with Crippen molar-refractivity contribution >= 4 is 40.9 Å². The first-order valence-electron chi connectivity index (χ1n) is 7.50. The van der Waals surface area contributed by atoms with Gasteiger partial charge in [0.25, 0.3) is 0 Å². The van der Waals surface area contributed by atoms with E-state index < -0.39 is 5.97 Å². The molecule has 1 aromatic carbocycles. The molecule has 2 aromatic heterocycles. The first-order chi connectivity index (χ1) is 12.1. The molecule has 0 aliphatic heterocycles. The minimum absolute atomic E-state index is 0.106. The van der Waals surface area contributed by atoms with Crippen LogP contribution in [0.3, 0.4) is 0 Å². The van der Waals surface area contributed by atoms with E-state index in [9.17, 15) is 4.79 Å². The molecular formula is C18H14Cl2N2O3. The van der Waals surface area contributed by atoms with Crippen molar-refractivity contribution in [3.8, 4) is 5.75 Å². The Bertz CT molecular complexity index is 922. The molecule has 0 atom stereocenters. The first-order valence-corrected chi connectivity index (χ1v) is 8.25. The maximum Gasteiger partial charge on any atom is 0.330 e. The van der Waals surface area contributed by atoms with Gasteiger partial charge in [-0.1, -0.05) is 41.4 Å². The maximum atomic E-state index is 11.8. The number of esters is 1. The van der Waals surface area contributed by atoms with Crippen LogP contribution in [0.15, 0.2) is 54.7 Å². The molecule has 25 heavy (non-hydrogen) atoms. The lowest BCUT2D eigenvalue weighted by Gasteiger charge is -2.07. The van der Waals surface area contributed by atoms with Crippen molar-refractivity contribution in [3.05, 3.63) is 70.6 Å². The summed E-state index contributed by atoms with van der Waals surface area (Å²) >= 11 is 12.1. The minimum atomic E-state index is -0.496. The van der Waals surface area contributed by atoms with Gasteiger partial charge in [0.1, 0.15) is 24.6 Å². The fourth-order valence-electron chi connectivity index (χ4n) is 2.19. The van der Waals surface area contributed by atoms with Crippen LogP contribution in [0.5, 0.6) is 5.75 Å². The van der Waals surface area contributed by atoms with Gasteiger partial charge < -0.3 is 9.47 Å². The molecule has 0 spiro atoms. The monoisotopic (exact) mass is 376 g/mol. The van der Waals surface area contributed by atoms with Crippen LogP contribution >= 0.6 is 23.2 Å². The Hall–Kier alpha value is -2.50. The normalized spacial score (nSPS) is 11.1. The number of nitrogens with zero attached hydrogens (tertiary/aromatic N) is 2. The molecule has 0 saturated carbocycles. The Morgan fingerprint density at radius 3 is 2.76 bits per heavy atom. The maximum absolute atomic E-state index is 11.8. The molecule has 0 aliphatic carbocycles. The highest BCUT2D eigenvalue weighted by Crippen LogP contribution is 2.23. The largest absolute Gasteiger partial charge is 0.488 e. The van der Waals surface area contributed by atoms with Crippen LogP contribution < -0.4 is 4.74 Å². The standard InChI is InChI=1S/C18H14Cl2N2O3/c19-13-5-1-2-6-15(13)24-11-12-25-17(23)9-8-14-18(20)21-16-7-3-4-10-22(14)16/h1-10H,11-12H2/b9-8+. The Balaban J connectivity index is 1.53. The van der Waals surface area contributed by atoms with Gasteiger partial charge in [-0.2, -0.15) is 0 Å². The summed E-state index contributed by atoms with van der Waals surface area (Å²) < 4.78 is 12.3. The van der Waals surface area contributed by atoms with E-state index in [-0.39, 0.29) is 13.2 Å². The minimum Gasteiger partial charge on any atom is -0.488 e. The Morgan fingerprint density at radius 1 is 1.12 bits per heavy atom. The topological polar surface area (TPSA) is 52.8 Å². The van der Waals surface area contributed by atoms with Gasteiger partial charge in [0.2, 0.25) is 0 Å². The summed E-state index contributed by atoms with van der Waals surface area (Å²) in [6.45, 7) is 0.314. The number of carbonyl (C=O) groups is 1. The second kappa shape index (κ2) is 8.05. The lowest BCUT2D eigenvalue weighted by Crippen LogP contribution is -2.10. The summed E-state index contributed by atoms with van der Waals surface area (Å²) in [6.07, 6.45) is 4.69. The van der Waals surface area contributed by atoms with E-state index in [1.54, 1.807) is 22.6 Å². The highest BCUT2D eigenvalue weighted by Gasteiger charge is 2.07. The molecule has 5 nitrogen and oxygen atoms in total. The molecule has 2 heterocycles. The molecule has 0 aliphatic rings. The van der Waals surface area contributed by atoms with E-state index >= 15 is 0 Å². The van der Waals surface area contributed by atoms with Crippen molar-refractivity contribution in [2.75, 3.05) is 13.2 Å². The molecule has 0 saturated heterocycles. The molecule has 0 bridgehead atoms. The third-order valence-corrected chi connectivity index (χ3v) is 3.91. The van der Waals surface area contributed by atoms with Crippen LogP contribution in [0.2, 0.25) is 10.2 Å². The highest BCUT2D eigenvalue weighted by molar-refractivity contribution is 6.32. The van der Waals surface area contributed by atoms with Gasteiger partial charge >= 0.3 is 5.97 Å². The number of aromatic nitrogens is 2. The lowest BCUT2D eigenvalue weighted by molar-refractivity contribution is -0.138. The zero-order chi connectivity index (χ0) is 17.6. The third-order valence-electron chi connectivity index (χ3n) is 3.32. The second-order valence-electron chi connectivity index (χ2n) is 5.00. The predicted octanol–water partition coefficient (Wildman–Crippen LogP) is 4.28. The summed E-state index contributed by atoms with van der Waals surface area (Å²) in [4.78, 5) is 16.0. The molecule has 0 unspecified atom stereocenters. The van der Waals surface area contributed by atoms with Gasteiger partial charge in [0, 0.05) is 12.3 Å². The predicted molar refractivity (Wildman–Crippen MR) is 97.1 cm³/mol. The third kappa shape index (κ3) is 4.32. The lowest BCUT2D eigenvalue weighted by atomic mass is 10.3. The van der Waals surface area contributed by atoms with Gasteiger partial charge in [-0.25, -0.2) is 9.78 Å². The summed E-state index contributed by atoms with van der Waals surface area (Å²) in [5.41, 5.74) is 1.31. The highest BCUT2D eigenvalue weighted by atomic mass is 35.5. The molecular weight excluding hydrogens is 363 g/mol. The summed E-state index contributed by atoms with van der Waals surface area (Å²) in [6, 6.07) is 12.6.